The van der Waals surface area contributed by atoms with Gasteiger partial charge in [0.1, 0.15) is 11.6 Å². The lowest BCUT2D eigenvalue weighted by Gasteiger charge is -2.07. The monoisotopic (exact) mass is 327 g/mol. The first-order chi connectivity index (χ1) is 11.6. The quantitative estimate of drug-likeness (QED) is 0.794. The lowest BCUT2D eigenvalue weighted by Crippen LogP contribution is -2.12. The number of aryl methyl sites for hydroxylation is 1. The number of hydrogen-bond acceptors (Lipinski definition) is 5. The predicted molar refractivity (Wildman–Crippen MR) is 85.4 cm³/mol. The molecule has 1 heterocycles. The Hall–Kier alpha value is -3.22. The van der Waals surface area contributed by atoms with Crippen molar-refractivity contribution in [1.82, 2.24) is 10.3 Å². The highest BCUT2D eigenvalue weighted by Crippen LogP contribution is 2.30. The van der Waals surface area contributed by atoms with Crippen molar-refractivity contribution in [2.45, 2.75) is 6.92 Å². The Kier molecular flexibility index (Phi) is 4.24. The second-order valence-electron chi connectivity index (χ2n) is 5.10. The maximum Gasteiger partial charge on any atom is 0.256 e. The highest BCUT2D eigenvalue weighted by molar-refractivity contribution is 6.05. The summed E-state index contributed by atoms with van der Waals surface area (Å²) in [4.78, 5) is 12.2. The second kappa shape index (κ2) is 6.49. The number of carbonyl (C=O) groups is 1. The van der Waals surface area contributed by atoms with Gasteiger partial charge in [-0.15, -0.1) is 0 Å². The molecular formula is C17H14FN3O3. The molecule has 0 radical (unpaired) electrons. The number of aromatic nitrogens is 2. The van der Waals surface area contributed by atoms with Crippen LogP contribution in [0.4, 0.5) is 10.2 Å². The van der Waals surface area contributed by atoms with Crippen LogP contribution in [0.25, 0.3) is 11.3 Å². The molecule has 0 aliphatic carbocycles. The van der Waals surface area contributed by atoms with Gasteiger partial charge in [0.2, 0.25) is 5.82 Å². The van der Waals surface area contributed by atoms with E-state index in [1.54, 1.807) is 19.2 Å². The van der Waals surface area contributed by atoms with Crippen molar-refractivity contribution in [3.05, 3.63) is 59.4 Å². The lowest BCUT2D eigenvalue weighted by molar-refractivity contribution is 0.102. The highest BCUT2D eigenvalue weighted by atomic mass is 19.1. The first-order valence-electron chi connectivity index (χ1n) is 7.13. The van der Waals surface area contributed by atoms with E-state index in [0.717, 1.165) is 11.1 Å². The number of ether oxygens (including phenoxy) is 1. The van der Waals surface area contributed by atoms with Crippen LogP contribution in [0.15, 0.2) is 47.1 Å². The van der Waals surface area contributed by atoms with Crippen molar-refractivity contribution in [3.63, 3.8) is 0 Å². The predicted octanol–water partition coefficient (Wildman–Crippen LogP) is 3.45. The van der Waals surface area contributed by atoms with Crippen LogP contribution in [0.1, 0.15) is 15.9 Å². The number of rotatable bonds is 4. The first-order valence-corrected chi connectivity index (χ1v) is 7.13. The van der Waals surface area contributed by atoms with Gasteiger partial charge in [-0.1, -0.05) is 0 Å². The van der Waals surface area contributed by atoms with Gasteiger partial charge >= 0.3 is 0 Å². The Morgan fingerprint density at radius 1 is 1.17 bits per heavy atom. The average molecular weight is 327 g/mol. The van der Waals surface area contributed by atoms with Crippen molar-refractivity contribution >= 4 is 11.7 Å². The summed E-state index contributed by atoms with van der Waals surface area (Å²) in [6, 6.07) is 10.6. The van der Waals surface area contributed by atoms with E-state index in [1.165, 1.54) is 24.3 Å². The minimum atomic E-state index is -0.432. The summed E-state index contributed by atoms with van der Waals surface area (Å²) in [6.07, 6.45) is 0. The molecule has 2 aromatic carbocycles. The van der Waals surface area contributed by atoms with E-state index < -0.39 is 11.7 Å². The first kappa shape index (κ1) is 15.7. The van der Waals surface area contributed by atoms with E-state index in [1.807, 2.05) is 13.0 Å². The van der Waals surface area contributed by atoms with E-state index >= 15 is 0 Å². The van der Waals surface area contributed by atoms with Crippen LogP contribution in [0, 0.1) is 12.7 Å². The average Bonchev–Trinajstić information content (AvgIpc) is 3.03. The third-order valence-corrected chi connectivity index (χ3v) is 3.52. The summed E-state index contributed by atoms with van der Waals surface area (Å²) in [7, 11) is 1.58. The van der Waals surface area contributed by atoms with Gasteiger partial charge in [0, 0.05) is 11.1 Å². The summed E-state index contributed by atoms with van der Waals surface area (Å²) >= 11 is 0. The Bertz CT molecular complexity index is 875. The standard InChI is InChI=1S/C17H14FN3O3/c1-10-9-13(23-2)7-8-14(10)15-16(21-24-20-15)19-17(22)11-3-5-12(18)6-4-11/h3-9H,1-2H3,(H,19,21,22). The number of hydrogen-bond donors (Lipinski definition) is 1. The van der Waals surface area contributed by atoms with Gasteiger partial charge in [0.25, 0.3) is 5.91 Å². The van der Waals surface area contributed by atoms with Crippen LogP contribution in [0.2, 0.25) is 0 Å². The van der Waals surface area contributed by atoms with Crippen molar-refractivity contribution in [2.24, 2.45) is 0 Å². The van der Waals surface area contributed by atoms with Gasteiger partial charge in [-0.25, -0.2) is 9.02 Å². The van der Waals surface area contributed by atoms with Gasteiger partial charge in [-0.2, -0.15) is 0 Å². The maximum absolute atomic E-state index is 12.9. The molecule has 0 bridgehead atoms. The number of methoxy groups -OCH3 is 1. The van der Waals surface area contributed by atoms with E-state index in [0.29, 0.717) is 17.0 Å². The molecule has 1 amide bonds. The SMILES string of the molecule is COc1ccc(-c2nonc2NC(=O)c2ccc(F)cc2)c(C)c1. The number of amides is 1. The fourth-order valence-corrected chi connectivity index (χ4v) is 2.26. The summed E-state index contributed by atoms with van der Waals surface area (Å²) in [6.45, 7) is 1.89. The minimum Gasteiger partial charge on any atom is -0.497 e. The smallest absolute Gasteiger partial charge is 0.256 e. The zero-order valence-electron chi connectivity index (χ0n) is 13.0. The van der Waals surface area contributed by atoms with Crippen molar-refractivity contribution in [1.29, 1.82) is 0 Å². The molecule has 3 rings (SSSR count). The molecule has 0 spiro atoms. The number of halogens is 1. The molecule has 1 aromatic heterocycles. The van der Waals surface area contributed by atoms with Crippen LogP contribution in [0.5, 0.6) is 5.75 Å². The maximum atomic E-state index is 12.9. The fraction of sp³-hybridized carbons (Fsp3) is 0.118. The van der Waals surface area contributed by atoms with Crippen LogP contribution in [-0.2, 0) is 0 Å². The molecule has 0 aliphatic heterocycles. The van der Waals surface area contributed by atoms with Crippen LogP contribution < -0.4 is 10.1 Å². The largest absolute Gasteiger partial charge is 0.497 e. The molecule has 6 nitrogen and oxygen atoms in total. The summed E-state index contributed by atoms with van der Waals surface area (Å²) in [5.41, 5.74) is 2.36. The molecule has 3 aromatic rings. The summed E-state index contributed by atoms with van der Waals surface area (Å²) in [5, 5.41) is 10.2. The summed E-state index contributed by atoms with van der Waals surface area (Å²) in [5.74, 6) is 0.0597. The third kappa shape index (κ3) is 3.10. The second-order valence-corrected chi connectivity index (χ2v) is 5.10. The van der Waals surface area contributed by atoms with Crippen LogP contribution >= 0.6 is 0 Å². The normalized spacial score (nSPS) is 10.5. The van der Waals surface area contributed by atoms with Crippen LogP contribution in [0.3, 0.4) is 0 Å². The number of nitrogens with zero attached hydrogens (tertiary/aromatic N) is 2. The molecule has 0 unspecified atom stereocenters. The molecule has 1 N–H and O–H groups in total. The zero-order chi connectivity index (χ0) is 17.1. The minimum absolute atomic E-state index is 0.192. The zero-order valence-corrected chi connectivity index (χ0v) is 13.0. The van der Waals surface area contributed by atoms with Gasteiger partial charge in [0.15, 0.2) is 5.69 Å². The molecular weight excluding hydrogens is 313 g/mol. The van der Waals surface area contributed by atoms with E-state index in [4.69, 9.17) is 9.37 Å². The van der Waals surface area contributed by atoms with E-state index in [2.05, 4.69) is 15.6 Å². The number of anilines is 1. The third-order valence-electron chi connectivity index (χ3n) is 3.52. The molecule has 0 atom stereocenters. The topological polar surface area (TPSA) is 77.2 Å². The molecule has 0 saturated heterocycles. The molecule has 0 aliphatic rings. The van der Waals surface area contributed by atoms with E-state index in [9.17, 15) is 9.18 Å². The summed E-state index contributed by atoms with van der Waals surface area (Å²) < 4.78 is 22.9. The van der Waals surface area contributed by atoms with Crippen molar-refractivity contribution in [2.75, 3.05) is 12.4 Å². The number of carbonyl (C=O) groups excluding carboxylic acids is 1. The Morgan fingerprint density at radius 2 is 1.92 bits per heavy atom. The van der Waals surface area contributed by atoms with Crippen molar-refractivity contribution < 1.29 is 18.6 Å². The molecule has 122 valence electrons. The molecule has 7 heteroatoms. The highest BCUT2D eigenvalue weighted by Gasteiger charge is 2.18. The molecule has 0 saturated carbocycles. The van der Waals surface area contributed by atoms with Gasteiger partial charge in [0.05, 0.1) is 7.11 Å². The number of nitrogens with one attached hydrogen (secondary N) is 1. The molecule has 0 fully saturated rings. The van der Waals surface area contributed by atoms with E-state index in [-0.39, 0.29) is 5.82 Å². The Labute approximate surface area is 137 Å². The van der Waals surface area contributed by atoms with Gasteiger partial charge in [-0.3, -0.25) is 4.79 Å². The lowest BCUT2D eigenvalue weighted by atomic mass is 10.1. The molecule has 24 heavy (non-hydrogen) atoms. The Balaban J connectivity index is 1.88. The van der Waals surface area contributed by atoms with Crippen LogP contribution in [-0.4, -0.2) is 23.3 Å². The van der Waals surface area contributed by atoms with Crippen molar-refractivity contribution in [3.8, 4) is 17.0 Å². The van der Waals surface area contributed by atoms with Gasteiger partial charge in [-0.05, 0) is 65.3 Å². The number of benzene rings is 2. The Morgan fingerprint density at radius 3 is 2.58 bits per heavy atom. The van der Waals surface area contributed by atoms with Gasteiger partial charge < -0.3 is 10.1 Å². The fourth-order valence-electron chi connectivity index (χ4n) is 2.26.